The van der Waals surface area contributed by atoms with Crippen molar-refractivity contribution in [2.45, 2.75) is 46.7 Å². The van der Waals surface area contributed by atoms with Crippen molar-refractivity contribution in [1.82, 2.24) is 30.2 Å². The summed E-state index contributed by atoms with van der Waals surface area (Å²) < 4.78 is 4.71. The monoisotopic (exact) mass is 571 g/mol. The number of H-pyrrole nitrogens is 2. The number of aromatic nitrogens is 4. The van der Waals surface area contributed by atoms with Crippen molar-refractivity contribution in [3.8, 4) is 33.6 Å². The minimum absolute atomic E-state index is 0.118. The van der Waals surface area contributed by atoms with Gasteiger partial charge in [-0.15, -0.1) is 0 Å². The predicted octanol–water partition coefficient (Wildman–Crippen LogP) is 5.38. The second-order valence-corrected chi connectivity index (χ2v) is 10.3. The lowest BCUT2D eigenvalue weighted by molar-refractivity contribution is -0.136. The van der Waals surface area contributed by atoms with Crippen molar-refractivity contribution in [3.63, 3.8) is 0 Å². The van der Waals surface area contributed by atoms with Gasteiger partial charge in [0.05, 0.1) is 24.5 Å². The zero-order valence-corrected chi connectivity index (χ0v) is 24.7. The maximum Gasteiger partial charge on any atom is 0.407 e. The van der Waals surface area contributed by atoms with Gasteiger partial charge in [0.1, 0.15) is 11.9 Å². The fourth-order valence-electron chi connectivity index (χ4n) is 4.71. The van der Waals surface area contributed by atoms with E-state index in [1.807, 2.05) is 82.4 Å². The van der Waals surface area contributed by atoms with Crippen LogP contribution in [0.1, 0.15) is 46.5 Å². The average molecular weight is 572 g/mol. The van der Waals surface area contributed by atoms with Gasteiger partial charge in [0.2, 0.25) is 17.8 Å². The molecule has 2 atom stereocenters. The molecule has 2 heterocycles. The smallest absolute Gasteiger partial charge is 0.407 e. The van der Waals surface area contributed by atoms with Gasteiger partial charge in [-0.1, -0.05) is 62.4 Å². The molecule has 4 rings (SSSR count). The Bertz CT molecular complexity index is 1520. The van der Waals surface area contributed by atoms with Gasteiger partial charge in [0.25, 0.3) is 0 Å². The van der Waals surface area contributed by atoms with Crippen molar-refractivity contribution in [1.29, 1.82) is 0 Å². The molecular formula is C31H37N7O4. The number of nitrogens with one attached hydrogen (secondary N) is 4. The van der Waals surface area contributed by atoms with Gasteiger partial charge in [-0.25, -0.2) is 14.8 Å². The summed E-state index contributed by atoms with van der Waals surface area (Å²) in [6.07, 6.45) is 2.95. The quantitative estimate of drug-likeness (QED) is 0.201. The first-order valence-corrected chi connectivity index (χ1v) is 13.9. The van der Waals surface area contributed by atoms with Gasteiger partial charge in [0, 0.05) is 37.0 Å². The number of methoxy groups -OCH3 is 1. The summed E-state index contributed by atoms with van der Waals surface area (Å²) in [6.45, 7) is 9.46. The number of ether oxygens (including phenoxy) is 1. The first-order valence-electron chi connectivity index (χ1n) is 13.9. The van der Waals surface area contributed by atoms with E-state index in [0.717, 1.165) is 33.6 Å². The molecule has 0 radical (unpaired) electrons. The topological polar surface area (TPSA) is 145 Å². The summed E-state index contributed by atoms with van der Waals surface area (Å²) in [6, 6.07) is 15.1. The van der Waals surface area contributed by atoms with Crippen LogP contribution in [0.15, 0.2) is 60.9 Å². The second-order valence-electron chi connectivity index (χ2n) is 10.3. The molecule has 4 N–H and O–H groups in total. The van der Waals surface area contributed by atoms with Gasteiger partial charge in [0.15, 0.2) is 0 Å². The van der Waals surface area contributed by atoms with E-state index in [4.69, 9.17) is 9.72 Å². The SMILES string of the molecule is CCN(C(=O)[C@@H](NC(=O)OC)C(C)C)[C@@H](C)c1nc(-c2ccc(-c3ccc(-c4c[nH]c(NC(C)=O)n4)cc3)cc2)c[nH]1. The number of aromatic amines is 2. The van der Waals surface area contributed by atoms with Crippen LogP contribution in [0, 0.1) is 5.92 Å². The van der Waals surface area contributed by atoms with Crippen molar-refractivity contribution in [2.24, 2.45) is 5.92 Å². The standard InChI is InChI=1S/C31H37N7O4/c1-7-38(29(40)27(18(2)3)37-31(41)42-6)19(4)28-32-16-25(35-28)23-12-8-21(9-13-23)22-10-14-24(15-11-22)26-17-33-30(36-26)34-20(5)39/h8-19,27H,7H2,1-6H3,(H,32,35)(H,37,41)(H2,33,34,36,39)/t19-,27-/m0/s1. The number of carbonyl (C=O) groups is 3. The summed E-state index contributed by atoms with van der Waals surface area (Å²) in [7, 11) is 1.28. The van der Waals surface area contributed by atoms with Gasteiger partial charge >= 0.3 is 6.09 Å². The highest BCUT2D eigenvalue weighted by molar-refractivity contribution is 5.87. The normalized spacial score (nSPS) is 12.5. The molecule has 11 heteroatoms. The summed E-state index contributed by atoms with van der Waals surface area (Å²) in [4.78, 5) is 53.5. The highest BCUT2D eigenvalue weighted by atomic mass is 16.5. The minimum Gasteiger partial charge on any atom is -0.453 e. The van der Waals surface area contributed by atoms with Crippen molar-refractivity contribution < 1.29 is 19.1 Å². The molecule has 0 spiro atoms. The maximum absolute atomic E-state index is 13.4. The van der Waals surface area contributed by atoms with Crippen molar-refractivity contribution in [3.05, 3.63) is 66.7 Å². The first kappa shape index (κ1) is 30.0. The molecule has 42 heavy (non-hydrogen) atoms. The average Bonchev–Trinajstić information content (AvgIpc) is 3.66. The number of imidazole rings is 2. The molecule has 0 aliphatic rings. The highest BCUT2D eigenvalue weighted by Crippen LogP contribution is 2.28. The van der Waals surface area contributed by atoms with E-state index in [1.165, 1.54) is 14.0 Å². The molecule has 0 saturated carbocycles. The van der Waals surface area contributed by atoms with Gasteiger partial charge in [-0.05, 0) is 30.9 Å². The lowest BCUT2D eigenvalue weighted by Gasteiger charge is -2.32. The van der Waals surface area contributed by atoms with Crippen LogP contribution in [-0.4, -0.2) is 62.4 Å². The van der Waals surface area contributed by atoms with Crippen molar-refractivity contribution >= 4 is 23.9 Å². The Morgan fingerprint density at radius 2 is 1.38 bits per heavy atom. The third-order valence-electron chi connectivity index (χ3n) is 7.04. The van der Waals surface area contributed by atoms with Gasteiger partial charge < -0.3 is 24.9 Å². The van der Waals surface area contributed by atoms with Crippen molar-refractivity contribution in [2.75, 3.05) is 19.0 Å². The van der Waals surface area contributed by atoms with Crippen LogP contribution in [0.3, 0.4) is 0 Å². The van der Waals surface area contributed by atoms with Gasteiger partial charge in [-0.2, -0.15) is 0 Å². The second kappa shape index (κ2) is 13.2. The molecule has 220 valence electrons. The molecule has 2 aromatic carbocycles. The molecule has 2 aromatic heterocycles. The summed E-state index contributed by atoms with van der Waals surface area (Å²) >= 11 is 0. The highest BCUT2D eigenvalue weighted by Gasteiger charge is 2.32. The molecule has 0 unspecified atom stereocenters. The minimum atomic E-state index is -0.712. The van der Waals surface area contributed by atoms with Crippen LogP contribution >= 0.6 is 0 Å². The number of rotatable bonds is 10. The number of nitrogens with zero attached hydrogens (tertiary/aromatic N) is 3. The molecule has 0 fully saturated rings. The molecule has 11 nitrogen and oxygen atoms in total. The van der Waals surface area contributed by atoms with E-state index in [-0.39, 0.29) is 23.8 Å². The number of hydrogen-bond acceptors (Lipinski definition) is 6. The van der Waals surface area contributed by atoms with Crippen LogP contribution in [0.5, 0.6) is 0 Å². The molecule has 0 aliphatic heterocycles. The summed E-state index contributed by atoms with van der Waals surface area (Å²) in [5.74, 6) is 0.572. The van der Waals surface area contributed by atoms with E-state index in [2.05, 4.69) is 25.6 Å². The number of hydrogen-bond donors (Lipinski definition) is 4. The molecule has 0 aliphatic carbocycles. The number of amides is 3. The largest absolute Gasteiger partial charge is 0.453 e. The third kappa shape index (κ3) is 6.85. The number of alkyl carbamates (subject to hydrolysis) is 1. The Morgan fingerprint density at radius 3 is 1.88 bits per heavy atom. The van der Waals surface area contributed by atoms with Crippen LogP contribution < -0.4 is 10.6 Å². The fourth-order valence-corrected chi connectivity index (χ4v) is 4.71. The van der Waals surface area contributed by atoms with Crippen LogP contribution in [0.25, 0.3) is 33.6 Å². The zero-order valence-electron chi connectivity index (χ0n) is 24.7. The lowest BCUT2D eigenvalue weighted by Crippen LogP contribution is -2.51. The van der Waals surface area contributed by atoms with Crippen LogP contribution in [-0.2, 0) is 14.3 Å². The Morgan fingerprint density at radius 1 is 0.857 bits per heavy atom. The molecule has 4 aromatic rings. The predicted molar refractivity (Wildman–Crippen MR) is 161 cm³/mol. The molecule has 0 saturated heterocycles. The molecule has 3 amide bonds. The van der Waals surface area contributed by atoms with E-state index in [1.54, 1.807) is 11.1 Å². The lowest BCUT2D eigenvalue weighted by atomic mass is 10.0. The summed E-state index contributed by atoms with van der Waals surface area (Å²) in [5, 5.41) is 5.29. The Kier molecular flexibility index (Phi) is 9.41. The van der Waals surface area contributed by atoms with E-state index < -0.39 is 12.1 Å². The van der Waals surface area contributed by atoms with E-state index in [0.29, 0.717) is 18.3 Å². The Balaban J connectivity index is 1.46. The Hall–Kier alpha value is -4.93. The third-order valence-corrected chi connectivity index (χ3v) is 7.04. The van der Waals surface area contributed by atoms with Crippen LogP contribution in [0.4, 0.5) is 10.7 Å². The maximum atomic E-state index is 13.4. The molecular weight excluding hydrogens is 534 g/mol. The number of anilines is 1. The Labute approximate surface area is 245 Å². The summed E-state index contributed by atoms with van der Waals surface area (Å²) in [5.41, 5.74) is 5.49. The zero-order chi connectivity index (χ0) is 30.4. The van der Waals surface area contributed by atoms with Crippen LogP contribution in [0.2, 0.25) is 0 Å². The number of benzene rings is 2. The van der Waals surface area contributed by atoms with Gasteiger partial charge in [-0.3, -0.25) is 14.9 Å². The number of carbonyl (C=O) groups excluding carboxylic acids is 3. The fraction of sp³-hybridized carbons (Fsp3) is 0.323. The van der Waals surface area contributed by atoms with E-state index in [9.17, 15) is 14.4 Å². The number of likely N-dealkylation sites (N-methyl/N-ethyl adjacent to an activating group) is 1. The molecule has 0 bridgehead atoms. The van der Waals surface area contributed by atoms with E-state index >= 15 is 0 Å². The first-order chi connectivity index (χ1) is 20.1.